The molecule has 0 bridgehead atoms. The first-order valence-electron chi connectivity index (χ1n) is 43.4. The molecule has 39 heteroatoms. The van der Waals surface area contributed by atoms with Gasteiger partial charge in [-0.2, -0.15) is 11.8 Å². The Balaban J connectivity index is 0.836. The van der Waals surface area contributed by atoms with Crippen LogP contribution in [0.15, 0.2) is 43.0 Å². The van der Waals surface area contributed by atoms with E-state index in [4.69, 9.17) is 11.5 Å². The number of ketones is 1. The summed E-state index contributed by atoms with van der Waals surface area (Å²) in [6.45, 7) is 14.6. The first kappa shape index (κ1) is 99.3. The van der Waals surface area contributed by atoms with Gasteiger partial charge in [0.15, 0.2) is 0 Å². The van der Waals surface area contributed by atoms with Crippen molar-refractivity contribution in [1.29, 1.82) is 0 Å². The van der Waals surface area contributed by atoms with Crippen molar-refractivity contribution in [2.75, 3.05) is 104 Å². The van der Waals surface area contributed by atoms with E-state index < -0.39 is 143 Å². The summed E-state index contributed by atoms with van der Waals surface area (Å²) in [4.78, 5) is 232. The van der Waals surface area contributed by atoms with Gasteiger partial charge in [-0.15, -0.1) is 0 Å². The van der Waals surface area contributed by atoms with Crippen LogP contribution >= 0.6 is 11.8 Å². The average Bonchev–Trinajstić information content (AvgIpc) is 1.49. The van der Waals surface area contributed by atoms with Crippen LogP contribution in [0.2, 0.25) is 0 Å². The fraction of sp³-hybridized carbons (Fsp3) is 0.682. The molecule has 12 amide bonds. The lowest BCUT2D eigenvalue weighted by Gasteiger charge is -2.60. The Morgan fingerprint density at radius 3 is 1.73 bits per heavy atom. The number of hydrogen-bond acceptors (Lipinski definition) is 22. The number of aromatic amines is 2. The minimum Gasteiger partial charge on any atom is -0.480 e. The van der Waals surface area contributed by atoms with Crippen molar-refractivity contribution >= 4 is 117 Å². The summed E-state index contributed by atoms with van der Waals surface area (Å²) < 4.78 is 0. The standard InChI is InChI=1S/C85H131N19O19S/c1-48(2)34-64(81(121)97-62(77(87)117)23-33-124-9)98-82(122)66(37-55-40-88-47-92-55)96-71(109)42-91-83(123)76(49(3)4)100-78(118)51(6)93-80(120)65(35-52-39-89-61-13-11-10-12-56(52)61)99-79(119)63(19-20-68(86)106)95-69(107)21-14-50(5)58-17-18-59-57-16-15-53-36-54(22-24-84(53,7)60(57)38-67(105)85(58,59)8)94-70(108)41-90-72(110)43-101-25-27-102(44-73(111)112)29-31-104(46-75(115)116)32-30-103(28-26-101)45-74(113)114/h10-13,39-40,47-51,53-54,57-60,62-66,76,89H,14-38,41-46H2,1-9H3,(H2,86,106)(H2,87,117)(H,88,92)(H,90,110)(H,91,123)(H,93,120)(H,94,108)(H,95,107)(H,96,109)(H,97,121)(H,98,122)(H,99,119)(H,100,118)(H,111,112)(H,113,114)(H,115,116)/t50-,51+,53-,54+,57?,58-,59?,60?,62+,63+,64+,65+,66+,76+,84+,85-/m1/s1. The maximum atomic E-state index is 15.0. The summed E-state index contributed by atoms with van der Waals surface area (Å²) >= 11 is 1.46. The number of rotatable bonds is 44. The molecule has 686 valence electrons. The zero-order chi connectivity index (χ0) is 90.9. The van der Waals surface area contributed by atoms with Crippen molar-refractivity contribution in [2.24, 2.45) is 69.6 Å². The summed E-state index contributed by atoms with van der Waals surface area (Å²) in [6.07, 6.45) is 12.4. The molecule has 1 aromatic carbocycles. The number of amides is 12. The Morgan fingerprint density at radius 2 is 1.15 bits per heavy atom. The van der Waals surface area contributed by atoms with Gasteiger partial charge in [0.1, 0.15) is 48.1 Å². The number of carbonyl (C=O) groups is 16. The number of primary amides is 2. The van der Waals surface area contributed by atoms with Crippen LogP contribution in [-0.2, 0) is 89.6 Å². The number of hydrogen-bond donors (Lipinski definition) is 17. The van der Waals surface area contributed by atoms with Gasteiger partial charge in [-0.25, -0.2) is 4.98 Å². The molecule has 1 aliphatic heterocycles. The number of imidazole rings is 1. The van der Waals surface area contributed by atoms with Crippen molar-refractivity contribution in [1.82, 2.24) is 87.7 Å². The number of H-pyrrole nitrogens is 2. The smallest absolute Gasteiger partial charge is 0.317 e. The van der Waals surface area contributed by atoms with E-state index in [-0.39, 0.29) is 195 Å². The van der Waals surface area contributed by atoms with Crippen LogP contribution in [0.4, 0.5) is 0 Å². The van der Waals surface area contributed by atoms with E-state index in [2.05, 4.69) is 88.9 Å². The van der Waals surface area contributed by atoms with Crippen molar-refractivity contribution in [3.63, 3.8) is 0 Å². The Labute approximate surface area is 727 Å². The van der Waals surface area contributed by atoms with E-state index in [1.165, 1.54) is 31.2 Å². The van der Waals surface area contributed by atoms with Crippen LogP contribution in [0.3, 0.4) is 0 Å². The van der Waals surface area contributed by atoms with Crippen molar-refractivity contribution in [3.05, 3.63) is 54.2 Å². The van der Waals surface area contributed by atoms with E-state index >= 15 is 4.79 Å². The highest BCUT2D eigenvalue weighted by molar-refractivity contribution is 7.98. The lowest BCUT2D eigenvalue weighted by atomic mass is 9.44. The molecule has 5 aliphatic rings. The molecule has 4 aliphatic carbocycles. The summed E-state index contributed by atoms with van der Waals surface area (Å²) in [5, 5.41) is 56.8. The number of nitrogens with zero attached hydrogens (tertiary/aromatic N) is 5. The van der Waals surface area contributed by atoms with Gasteiger partial charge >= 0.3 is 17.9 Å². The maximum absolute atomic E-state index is 15.0. The van der Waals surface area contributed by atoms with E-state index in [1.807, 2.05) is 38.3 Å². The largest absolute Gasteiger partial charge is 0.480 e. The number of carboxylic acid groups (broad SMARTS) is 3. The Hall–Kier alpha value is -10.1. The van der Waals surface area contributed by atoms with Gasteiger partial charge in [0, 0.05) is 119 Å². The quantitative estimate of drug-likeness (QED) is 0.0347. The highest BCUT2D eigenvalue weighted by Gasteiger charge is 2.64. The predicted molar refractivity (Wildman–Crippen MR) is 459 cm³/mol. The molecule has 16 atom stereocenters. The van der Waals surface area contributed by atoms with E-state index in [0.717, 1.165) is 43.0 Å². The summed E-state index contributed by atoms with van der Waals surface area (Å²) in [7, 11) is 0. The third-order valence-electron chi connectivity index (χ3n) is 26.0. The van der Waals surface area contributed by atoms with Gasteiger partial charge in [0.05, 0.1) is 51.3 Å². The number of thioether (sulfide) groups is 1. The predicted octanol–water partition coefficient (Wildman–Crippen LogP) is -0.257. The Bertz CT molecular complexity index is 4210. The molecular weight excluding hydrogens is 1620 g/mol. The normalized spacial score (nSPS) is 23.5. The highest BCUT2D eigenvalue weighted by atomic mass is 32.2. The number of benzene rings is 1. The van der Waals surface area contributed by atoms with Crippen LogP contribution in [0.5, 0.6) is 0 Å². The molecule has 124 heavy (non-hydrogen) atoms. The fourth-order valence-corrected chi connectivity index (χ4v) is 19.7. The second kappa shape index (κ2) is 46.7. The van der Waals surface area contributed by atoms with Crippen LogP contribution in [-0.4, -0.2) is 296 Å². The van der Waals surface area contributed by atoms with Gasteiger partial charge in [-0.05, 0) is 154 Å². The van der Waals surface area contributed by atoms with Gasteiger partial charge in [0.2, 0.25) is 70.9 Å². The molecule has 5 fully saturated rings. The Kier molecular flexibility index (Phi) is 37.4. The minimum atomic E-state index is -1.41. The second-order valence-corrected chi connectivity index (χ2v) is 36.6. The van der Waals surface area contributed by atoms with E-state index in [9.17, 15) is 87.2 Å². The fourth-order valence-electron chi connectivity index (χ4n) is 19.2. The van der Waals surface area contributed by atoms with Crippen LogP contribution in [0.1, 0.15) is 157 Å². The number of para-hydroxylation sites is 1. The van der Waals surface area contributed by atoms with Gasteiger partial charge in [-0.3, -0.25) is 96.3 Å². The lowest BCUT2D eigenvalue weighted by molar-refractivity contribution is -0.158. The van der Waals surface area contributed by atoms with E-state index in [1.54, 1.807) is 45.7 Å². The van der Waals surface area contributed by atoms with Gasteiger partial charge < -0.3 is 89.9 Å². The van der Waals surface area contributed by atoms with Crippen LogP contribution in [0.25, 0.3) is 10.9 Å². The van der Waals surface area contributed by atoms with Crippen LogP contribution in [0, 0.1) is 58.2 Å². The molecule has 19 N–H and O–H groups in total. The molecule has 38 nitrogen and oxygen atoms in total. The number of nitrogens with two attached hydrogens (primary N) is 2. The van der Waals surface area contributed by atoms with Gasteiger partial charge in [0.25, 0.3) is 0 Å². The number of fused-ring (bicyclic) bond motifs is 6. The van der Waals surface area contributed by atoms with Crippen LogP contribution < -0.4 is 64.6 Å². The summed E-state index contributed by atoms with van der Waals surface area (Å²) in [5.74, 6) is -10.9. The maximum Gasteiger partial charge on any atom is 0.317 e. The third kappa shape index (κ3) is 28.7. The number of carbonyl (C=O) groups excluding carboxylic acids is 13. The molecule has 4 saturated carbocycles. The second-order valence-electron chi connectivity index (χ2n) is 35.6. The monoisotopic (exact) mass is 1750 g/mol. The minimum absolute atomic E-state index is 0.0435. The topological polar surface area (TPSA) is 564 Å². The Morgan fingerprint density at radius 1 is 0.573 bits per heavy atom. The number of carboxylic acids is 3. The molecule has 3 aromatic rings. The lowest BCUT2D eigenvalue weighted by Crippen LogP contribution is -2.59. The third-order valence-corrected chi connectivity index (χ3v) is 26.7. The summed E-state index contributed by atoms with van der Waals surface area (Å²) in [6, 6.07) is -1.76. The SMILES string of the molecule is CSCC[C@H](NC(=O)[C@H](CC(C)C)NC(=O)[C@H](Cc1c[nH]cn1)NC(=O)CNC(=O)[C@@H](NC(=O)[C@H](C)NC(=O)[C@H](Cc1c[nH]c2ccccc12)NC(=O)[C@H](CCC(N)=O)NC(=O)CC[C@@H](C)[C@H]1CCC2C3CC[C@@H]4C[C@@H](NC(=O)CNC(=O)CN5CCN(CC(=O)O)CCN(CC(=O)O)CCN(CC(=O)O)CC5)CC[C@]4(C)C3CC(=O)[C@@]21C)C(C)C)C(N)=O. The molecule has 1 saturated heterocycles. The first-order chi connectivity index (χ1) is 58.7. The average molecular weight is 1760 g/mol. The molecule has 0 spiro atoms. The zero-order valence-electron chi connectivity index (χ0n) is 72.9. The molecule has 3 unspecified atom stereocenters. The number of nitrogens with one attached hydrogen (secondary N) is 12. The molecule has 2 aromatic heterocycles. The molecular formula is C85H131N19O19S. The number of aromatic nitrogens is 3. The number of aliphatic carboxylic acids is 3. The first-order valence-corrected chi connectivity index (χ1v) is 44.8. The molecule has 3 heterocycles. The molecule has 8 rings (SSSR count). The summed E-state index contributed by atoms with van der Waals surface area (Å²) in [5.41, 5.74) is 12.1. The highest BCUT2D eigenvalue weighted by Crippen LogP contribution is 2.67. The zero-order valence-corrected chi connectivity index (χ0v) is 73.7. The van der Waals surface area contributed by atoms with Crippen molar-refractivity contribution < 1.29 is 92.0 Å². The van der Waals surface area contributed by atoms with Crippen molar-refractivity contribution in [2.45, 2.75) is 206 Å². The van der Waals surface area contributed by atoms with Crippen molar-refractivity contribution in [3.8, 4) is 0 Å². The number of Topliss-reactive ketones (excluding diaryl/α,β-unsaturated/α-hetero) is 1. The molecule has 0 radical (unpaired) electrons. The van der Waals surface area contributed by atoms with Gasteiger partial charge in [-0.1, -0.05) is 66.7 Å². The van der Waals surface area contributed by atoms with E-state index in [0.29, 0.717) is 42.7 Å².